The molecule has 0 aliphatic heterocycles. The van der Waals surface area contributed by atoms with E-state index in [1.165, 1.54) is 38.5 Å². The Hall–Kier alpha value is -0.640. The van der Waals surface area contributed by atoms with Gasteiger partial charge in [-0.05, 0) is 20.3 Å². The van der Waals surface area contributed by atoms with Crippen LogP contribution < -0.4 is 5.32 Å². The van der Waals surface area contributed by atoms with E-state index in [-0.39, 0.29) is 5.54 Å². The first-order chi connectivity index (χ1) is 7.64. The Bertz CT molecular complexity index is 270. The fraction of sp³-hybridized carbons (Fsp3) is 0.833. The summed E-state index contributed by atoms with van der Waals surface area (Å²) in [5.41, 5.74) is 1.89. The number of anilines is 1. The summed E-state index contributed by atoms with van der Waals surface area (Å²) >= 11 is 1.56. The van der Waals surface area contributed by atoms with Crippen molar-refractivity contribution in [3.8, 4) is 0 Å². The van der Waals surface area contributed by atoms with Gasteiger partial charge in [0.25, 0.3) is 0 Å². The lowest BCUT2D eigenvalue weighted by atomic mass is 9.96. The van der Waals surface area contributed by atoms with E-state index in [1.807, 2.05) is 0 Å². The number of aromatic nitrogens is 2. The summed E-state index contributed by atoms with van der Waals surface area (Å²) in [5.74, 6) is 0. The number of rotatable bonds is 8. The van der Waals surface area contributed by atoms with E-state index in [4.69, 9.17) is 0 Å². The molecule has 0 fully saturated rings. The number of hydrogen-bond acceptors (Lipinski definition) is 4. The van der Waals surface area contributed by atoms with E-state index < -0.39 is 0 Å². The standard InChI is InChI=1S/C12H23N3S/c1-4-5-6-7-8-9-12(2,3)14-11-15-13-10-16-11/h10H,4-9H2,1-3H3,(H,14,15). The topological polar surface area (TPSA) is 37.8 Å². The van der Waals surface area contributed by atoms with Crippen LogP contribution in [0.4, 0.5) is 5.13 Å². The molecule has 0 aliphatic rings. The van der Waals surface area contributed by atoms with Crippen LogP contribution in [0.5, 0.6) is 0 Å². The van der Waals surface area contributed by atoms with Gasteiger partial charge >= 0.3 is 0 Å². The lowest BCUT2D eigenvalue weighted by Crippen LogP contribution is -2.30. The highest BCUT2D eigenvalue weighted by Crippen LogP contribution is 2.21. The highest BCUT2D eigenvalue weighted by atomic mass is 32.1. The maximum absolute atomic E-state index is 4.02. The highest BCUT2D eigenvalue weighted by Gasteiger charge is 2.17. The van der Waals surface area contributed by atoms with Crippen molar-refractivity contribution < 1.29 is 0 Å². The van der Waals surface area contributed by atoms with E-state index in [1.54, 1.807) is 16.8 Å². The van der Waals surface area contributed by atoms with E-state index in [2.05, 4.69) is 36.3 Å². The van der Waals surface area contributed by atoms with Gasteiger partial charge < -0.3 is 5.32 Å². The maximum Gasteiger partial charge on any atom is 0.205 e. The van der Waals surface area contributed by atoms with Crippen molar-refractivity contribution in [1.29, 1.82) is 0 Å². The molecule has 0 amide bonds. The number of unbranched alkanes of at least 4 members (excludes halogenated alkanes) is 4. The first-order valence-corrected chi connectivity index (χ1v) is 7.06. The second kappa shape index (κ2) is 6.84. The van der Waals surface area contributed by atoms with Gasteiger partial charge in [0.05, 0.1) is 0 Å². The van der Waals surface area contributed by atoms with Gasteiger partial charge in [-0.1, -0.05) is 50.4 Å². The average Bonchev–Trinajstić information content (AvgIpc) is 2.69. The third-order valence-electron chi connectivity index (χ3n) is 2.71. The minimum absolute atomic E-state index is 0.131. The van der Waals surface area contributed by atoms with Gasteiger partial charge in [-0.15, -0.1) is 10.2 Å². The molecule has 3 nitrogen and oxygen atoms in total. The minimum atomic E-state index is 0.131. The molecule has 4 heteroatoms. The second-order valence-electron chi connectivity index (χ2n) is 4.92. The van der Waals surface area contributed by atoms with Crippen LogP contribution in [0.3, 0.4) is 0 Å². The molecule has 1 aromatic heterocycles. The SMILES string of the molecule is CCCCCCCC(C)(C)Nc1nncs1. The third kappa shape index (κ3) is 5.45. The summed E-state index contributed by atoms with van der Waals surface area (Å²) < 4.78 is 0. The zero-order valence-corrected chi connectivity index (χ0v) is 11.4. The molecule has 1 N–H and O–H groups in total. The quantitative estimate of drug-likeness (QED) is 0.697. The Morgan fingerprint density at radius 2 is 2.00 bits per heavy atom. The van der Waals surface area contributed by atoms with Crippen LogP contribution >= 0.6 is 11.3 Å². The lowest BCUT2D eigenvalue weighted by molar-refractivity contribution is 0.474. The molecule has 0 spiro atoms. The maximum atomic E-state index is 4.02. The van der Waals surface area contributed by atoms with Crippen molar-refractivity contribution in [3.63, 3.8) is 0 Å². The van der Waals surface area contributed by atoms with E-state index in [9.17, 15) is 0 Å². The normalized spacial score (nSPS) is 11.7. The Kier molecular flexibility index (Phi) is 5.74. The number of hydrogen-bond donors (Lipinski definition) is 1. The predicted molar refractivity (Wildman–Crippen MR) is 71.0 cm³/mol. The Labute approximate surface area is 103 Å². The van der Waals surface area contributed by atoms with E-state index in [0.717, 1.165) is 5.13 Å². The zero-order valence-electron chi connectivity index (χ0n) is 10.6. The van der Waals surface area contributed by atoms with Gasteiger partial charge in [0.15, 0.2) is 0 Å². The molecule has 0 aromatic carbocycles. The van der Waals surface area contributed by atoms with Crippen molar-refractivity contribution in [2.75, 3.05) is 5.32 Å². The Morgan fingerprint density at radius 1 is 1.25 bits per heavy atom. The summed E-state index contributed by atoms with van der Waals surface area (Å²) in [6, 6.07) is 0. The van der Waals surface area contributed by atoms with E-state index >= 15 is 0 Å². The molecule has 1 rings (SSSR count). The molecule has 1 aromatic rings. The van der Waals surface area contributed by atoms with Crippen molar-refractivity contribution in [2.45, 2.75) is 64.8 Å². The summed E-state index contributed by atoms with van der Waals surface area (Å²) in [6.45, 7) is 6.71. The first-order valence-electron chi connectivity index (χ1n) is 6.18. The van der Waals surface area contributed by atoms with Crippen LogP contribution in [0.25, 0.3) is 0 Å². The van der Waals surface area contributed by atoms with Crippen LogP contribution in [0, 0.1) is 0 Å². The molecular formula is C12H23N3S. The smallest absolute Gasteiger partial charge is 0.205 e. The molecule has 92 valence electrons. The summed E-state index contributed by atoms with van der Waals surface area (Å²) in [7, 11) is 0. The van der Waals surface area contributed by atoms with Crippen LogP contribution in [-0.2, 0) is 0 Å². The molecule has 16 heavy (non-hydrogen) atoms. The highest BCUT2D eigenvalue weighted by molar-refractivity contribution is 7.13. The lowest BCUT2D eigenvalue weighted by Gasteiger charge is -2.25. The molecule has 0 bridgehead atoms. The molecule has 1 heterocycles. The van der Waals surface area contributed by atoms with Crippen LogP contribution in [0.15, 0.2) is 5.51 Å². The van der Waals surface area contributed by atoms with Gasteiger partial charge in [-0.25, -0.2) is 0 Å². The molecule has 0 aliphatic carbocycles. The summed E-state index contributed by atoms with van der Waals surface area (Å²) in [6.07, 6.45) is 7.87. The van der Waals surface area contributed by atoms with Gasteiger partial charge in [0, 0.05) is 5.54 Å². The molecular weight excluding hydrogens is 218 g/mol. The Balaban J connectivity index is 2.18. The number of nitrogens with one attached hydrogen (secondary N) is 1. The van der Waals surface area contributed by atoms with Gasteiger partial charge in [-0.2, -0.15) is 0 Å². The minimum Gasteiger partial charge on any atom is -0.355 e. The third-order valence-corrected chi connectivity index (χ3v) is 3.32. The van der Waals surface area contributed by atoms with Gasteiger partial charge in [-0.3, -0.25) is 0 Å². The monoisotopic (exact) mass is 241 g/mol. The fourth-order valence-corrected chi connectivity index (χ4v) is 2.37. The van der Waals surface area contributed by atoms with Crippen LogP contribution in [0.1, 0.15) is 59.3 Å². The van der Waals surface area contributed by atoms with Crippen molar-refractivity contribution in [3.05, 3.63) is 5.51 Å². The molecule has 0 unspecified atom stereocenters. The molecule has 0 radical (unpaired) electrons. The van der Waals surface area contributed by atoms with Crippen molar-refractivity contribution in [2.24, 2.45) is 0 Å². The summed E-state index contributed by atoms with van der Waals surface area (Å²) in [5, 5.41) is 12.2. The van der Waals surface area contributed by atoms with Crippen LogP contribution in [-0.4, -0.2) is 15.7 Å². The molecule has 0 saturated heterocycles. The summed E-state index contributed by atoms with van der Waals surface area (Å²) in [4.78, 5) is 0. The average molecular weight is 241 g/mol. The van der Waals surface area contributed by atoms with E-state index in [0.29, 0.717) is 0 Å². The largest absolute Gasteiger partial charge is 0.355 e. The predicted octanol–water partition coefficient (Wildman–Crippen LogP) is 4.09. The second-order valence-corrected chi connectivity index (χ2v) is 5.75. The van der Waals surface area contributed by atoms with Gasteiger partial charge in [0.2, 0.25) is 5.13 Å². The molecule has 0 atom stereocenters. The Morgan fingerprint density at radius 3 is 2.62 bits per heavy atom. The van der Waals surface area contributed by atoms with Gasteiger partial charge in [0.1, 0.15) is 5.51 Å². The first kappa shape index (κ1) is 13.4. The van der Waals surface area contributed by atoms with Crippen LogP contribution in [0.2, 0.25) is 0 Å². The molecule has 0 saturated carbocycles. The fourth-order valence-electron chi connectivity index (χ4n) is 1.75. The zero-order chi connectivity index (χ0) is 11.9. The number of nitrogens with zero attached hydrogens (tertiary/aromatic N) is 2. The van der Waals surface area contributed by atoms with Crippen molar-refractivity contribution >= 4 is 16.5 Å². The van der Waals surface area contributed by atoms with Crippen molar-refractivity contribution in [1.82, 2.24) is 10.2 Å².